The number of hydrogen-bond donors (Lipinski definition) is 1. The van der Waals surface area contributed by atoms with Crippen LogP contribution in [0, 0.1) is 0 Å². The highest BCUT2D eigenvalue weighted by Crippen LogP contribution is 2.20. The summed E-state index contributed by atoms with van der Waals surface area (Å²) in [4.78, 5) is 12.0. The number of benzene rings is 2. The van der Waals surface area contributed by atoms with Gasteiger partial charge in [-0.25, -0.2) is 0 Å². The fourth-order valence-corrected chi connectivity index (χ4v) is 3.18. The van der Waals surface area contributed by atoms with Gasteiger partial charge in [0.15, 0.2) is 0 Å². The van der Waals surface area contributed by atoms with E-state index < -0.39 is 0 Å². The van der Waals surface area contributed by atoms with Crippen LogP contribution in [0.5, 0.6) is 0 Å². The summed E-state index contributed by atoms with van der Waals surface area (Å²) in [6, 6.07) is 13.1. The van der Waals surface area contributed by atoms with E-state index in [-0.39, 0.29) is 5.91 Å². The molecular weight excluding hydrogens is 405 g/mol. The second-order valence-electron chi connectivity index (χ2n) is 4.29. The molecule has 0 heterocycles. The third-order valence-electron chi connectivity index (χ3n) is 2.74. The molecule has 104 valence electrons. The number of rotatable bonds is 4. The molecule has 0 aromatic heterocycles. The van der Waals surface area contributed by atoms with Crippen LogP contribution in [0.4, 0.5) is 0 Å². The van der Waals surface area contributed by atoms with Gasteiger partial charge in [-0.1, -0.05) is 55.6 Å². The molecule has 0 aliphatic carbocycles. The van der Waals surface area contributed by atoms with Crippen LogP contribution in [-0.2, 0) is 6.42 Å². The molecule has 1 N–H and O–H groups in total. The van der Waals surface area contributed by atoms with Crippen molar-refractivity contribution in [3.63, 3.8) is 0 Å². The van der Waals surface area contributed by atoms with Gasteiger partial charge in [0.25, 0.3) is 5.91 Å². The van der Waals surface area contributed by atoms with Crippen LogP contribution in [0.3, 0.4) is 0 Å². The number of carbonyl (C=O) groups excluding carboxylic acids is 1. The number of carbonyl (C=O) groups is 1. The van der Waals surface area contributed by atoms with Gasteiger partial charge < -0.3 is 5.32 Å². The SMILES string of the molecule is O=C(NCCc1ccc(Cl)cc1)c1cc(Br)cc(Br)c1. The van der Waals surface area contributed by atoms with Crippen LogP contribution in [0.15, 0.2) is 51.4 Å². The van der Waals surface area contributed by atoms with Crippen LogP contribution in [0.25, 0.3) is 0 Å². The lowest BCUT2D eigenvalue weighted by Crippen LogP contribution is -2.25. The quantitative estimate of drug-likeness (QED) is 0.758. The average molecular weight is 418 g/mol. The van der Waals surface area contributed by atoms with E-state index in [1.54, 1.807) is 12.1 Å². The molecule has 0 fully saturated rings. The van der Waals surface area contributed by atoms with Gasteiger partial charge in [-0.05, 0) is 42.3 Å². The van der Waals surface area contributed by atoms with Crippen LogP contribution in [-0.4, -0.2) is 12.5 Å². The van der Waals surface area contributed by atoms with Crippen molar-refractivity contribution in [3.8, 4) is 0 Å². The molecule has 2 aromatic carbocycles. The van der Waals surface area contributed by atoms with Crippen molar-refractivity contribution in [1.29, 1.82) is 0 Å². The minimum absolute atomic E-state index is 0.0824. The minimum atomic E-state index is -0.0824. The molecule has 2 aromatic rings. The number of nitrogens with one attached hydrogen (secondary N) is 1. The maximum atomic E-state index is 12.0. The third kappa shape index (κ3) is 4.62. The van der Waals surface area contributed by atoms with Gasteiger partial charge >= 0.3 is 0 Å². The van der Waals surface area contributed by atoms with E-state index in [9.17, 15) is 4.79 Å². The summed E-state index contributed by atoms with van der Waals surface area (Å²) < 4.78 is 1.74. The van der Waals surface area contributed by atoms with Gasteiger partial charge in [0.2, 0.25) is 0 Å². The number of amides is 1. The Kier molecular flexibility index (Phi) is 5.64. The average Bonchev–Trinajstić information content (AvgIpc) is 2.40. The summed E-state index contributed by atoms with van der Waals surface area (Å²) >= 11 is 12.6. The topological polar surface area (TPSA) is 29.1 Å². The Balaban J connectivity index is 1.90. The molecule has 0 unspecified atom stereocenters. The summed E-state index contributed by atoms with van der Waals surface area (Å²) in [6.07, 6.45) is 0.776. The predicted octanol–water partition coefficient (Wildman–Crippen LogP) is 4.84. The van der Waals surface area contributed by atoms with Gasteiger partial charge in [-0.2, -0.15) is 0 Å². The normalized spacial score (nSPS) is 10.3. The highest BCUT2D eigenvalue weighted by atomic mass is 79.9. The zero-order valence-electron chi connectivity index (χ0n) is 10.5. The fourth-order valence-electron chi connectivity index (χ4n) is 1.76. The molecule has 0 spiro atoms. The molecule has 0 aliphatic rings. The van der Waals surface area contributed by atoms with E-state index in [1.165, 1.54) is 0 Å². The lowest BCUT2D eigenvalue weighted by molar-refractivity contribution is 0.0954. The van der Waals surface area contributed by atoms with Crippen molar-refractivity contribution in [3.05, 3.63) is 67.6 Å². The van der Waals surface area contributed by atoms with Crippen molar-refractivity contribution < 1.29 is 4.79 Å². The summed E-state index contributed by atoms with van der Waals surface area (Å²) in [5.74, 6) is -0.0824. The van der Waals surface area contributed by atoms with Gasteiger partial charge in [0.1, 0.15) is 0 Å². The van der Waals surface area contributed by atoms with Gasteiger partial charge in [-0.15, -0.1) is 0 Å². The monoisotopic (exact) mass is 415 g/mol. The molecule has 0 saturated carbocycles. The molecule has 2 nitrogen and oxygen atoms in total. The van der Waals surface area contributed by atoms with Crippen molar-refractivity contribution in [2.75, 3.05) is 6.54 Å². The fraction of sp³-hybridized carbons (Fsp3) is 0.133. The maximum absolute atomic E-state index is 12.0. The lowest BCUT2D eigenvalue weighted by Gasteiger charge is -2.06. The highest BCUT2D eigenvalue weighted by Gasteiger charge is 2.07. The Morgan fingerprint density at radius 1 is 1.05 bits per heavy atom. The van der Waals surface area contributed by atoms with Gasteiger partial charge in [0.05, 0.1) is 0 Å². The van der Waals surface area contributed by atoms with E-state index in [4.69, 9.17) is 11.6 Å². The first-order valence-corrected chi connectivity index (χ1v) is 8.00. The predicted molar refractivity (Wildman–Crippen MR) is 89.3 cm³/mol. The maximum Gasteiger partial charge on any atom is 0.251 e. The Morgan fingerprint density at radius 3 is 2.25 bits per heavy atom. The van der Waals surface area contributed by atoms with E-state index >= 15 is 0 Å². The summed E-state index contributed by atoms with van der Waals surface area (Å²) in [7, 11) is 0. The Labute approximate surface area is 139 Å². The first kappa shape index (κ1) is 15.5. The summed E-state index contributed by atoms with van der Waals surface area (Å²) in [5, 5.41) is 3.62. The third-order valence-corrected chi connectivity index (χ3v) is 3.90. The zero-order valence-corrected chi connectivity index (χ0v) is 14.4. The Hall–Kier alpha value is -0.840. The molecule has 0 atom stereocenters. The van der Waals surface area contributed by atoms with Crippen molar-refractivity contribution in [2.24, 2.45) is 0 Å². The van der Waals surface area contributed by atoms with E-state index in [0.29, 0.717) is 12.1 Å². The first-order valence-electron chi connectivity index (χ1n) is 6.03. The molecule has 2 rings (SSSR count). The lowest BCUT2D eigenvalue weighted by atomic mass is 10.1. The smallest absolute Gasteiger partial charge is 0.251 e. The molecule has 0 saturated heterocycles. The van der Waals surface area contributed by atoms with Crippen LogP contribution in [0.1, 0.15) is 15.9 Å². The van der Waals surface area contributed by atoms with Gasteiger partial charge in [0, 0.05) is 26.1 Å². The molecular formula is C15H12Br2ClNO. The molecule has 0 radical (unpaired) electrons. The van der Waals surface area contributed by atoms with Crippen molar-refractivity contribution >= 4 is 49.4 Å². The summed E-state index contributed by atoms with van der Waals surface area (Å²) in [5.41, 5.74) is 1.77. The van der Waals surface area contributed by atoms with Crippen LogP contribution in [0.2, 0.25) is 5.02 Å². The van der Waals surface area contributed by atoms with Crippen LogP contribution < -0.4 is 5.32 Å². The molecule has 20 heavy (non-hydrogen) atoms. The molecule has 1 amide bonds. The number of hydrogen-bond acceptors (Lipinski definition) is 1. The Morgan fingerprint density at radius 2 is 1.65 bits per heavy atom. The Bertz CT molecular complexity index is 594. The second kappa shape index (κ2) is 7.25. The highest BCUT2D eigenvalue weighted by molar-refractivity contribution is 9.11. The largest absolute Gasteiger partial charge is 0.352 e. The van der Waals surface area contributed by atoms with Crippen LogP contribution >= 0.6 is 43.5 Å². The first-order chi connectivity index (χ1) is 9.54. The van der Waals surface area contributed by atoms with Crippen molar-refractivity contribution in [2.45, 2.75) is 6.42 Å². The van der Waals surface area contributed by atoms with E-state index in [1.807, 2.05) is 30.3 Å². The zero-order chi connectivity index (χ0) is 14.5. The van der Waals surface area contributed by atoms with Gasteiger partial charge in [-0.3, -0.25) is 4.79 Å². The molecule has 0 aliphatic heterocycles. The standard InChI is InChI=1S/C15H12Br2ClNO/c16-12-7-11(8-13(17)9-12)15(20)19-6-5-10-1-3-14(18)4-2-10/h1-4,7-9H,5-6H2,(H,19,20). The summed E-state index contributed by atoms with van der Waals surface area (Å²) in [6.45, 7) is 0.588. The van der Waals surface area contributed by atoms with Crippen molar-refractivity contribution in [1.82, 2.24) is 5.32 Å². The molecule has 5 heteroatoms. The molecule has 0 bridgehead atoms. The second-order valence-corrected chi connectivity index (χ2v) is 6.56. The van der Waals surface area contributed by atoms with E-state index in [0.717, 1.165) is 26.0 Å². The minimum Gasteiger partial charge on any atom is -0.352 e. The van der Waals surface area contributed by atoms with E-state index in [2.05, 4.69) is 37.2 Å². The number of halogens is 3.